The van der Waals surface area contributed by atoms with Crippen molar-refractivity contribution in [3.8, 4) is 0 Å². The van der Waals surface area contributed by atoms with Crippen LogP contribution in [-0.2, 0) is 25.7 Å². The van der Waals surface area contributed by atoms with Crippen LogP contribution in [0.2, 0.25) is 0 Å². The van der Waals surface area contributed by atoms with E-state index < -0.39 is 35.8 Å². The zero-order valence-electron chi connectivity index (χ0n) is 18.9. The lowest BCUT2D eigenvalue weighted by molar-refractivity contribution is -0.131. The summed E-state index contributed by atoms with van der Waals surface area (Å²) in [5.41, 5.74) is 6.19. The number of carbonyl (C=O) groups is 4. The summed E-state index contributed by atoms with van der Waals surface area (Å²) in [7, 11) is 0. The number of ether oxygens (including phenoxy) is 1. The van der Waals surface area contributed by atoms with Crippen molar-refractivity contribution in [2.75, 3.05) is 13.2 Å². The van der Waals surface area contributed by atoms with Gasteiger partial charge in [0.1, 0.15) is 12.9 Å². The number of nitrogens with two attached hydrogens (primary N) is 1. The molecule has 0 aliphatic carbocycles. The van der Waals surface area contributed by atoms with Gasteiger partial charge in [-0.05, 0) is 24.8 Å². The molecule has 0 heterocycles. The first-order valence-corrected chi connectivity index (χ1v) is 10.8. The van der Waals surface area contributed by atoms with Crippen LogP contribution < -0.4 is 21.7 Å². The lowest BCUT2D eigenvalue weighted by atomic mass is 9.97. The zero-order valence-corrected chi connectivity index (χ0v) is 18.9. The fraction of sp³-hybridized carbons (Fsp3) is 0.478. The number of aliphatic hydroxyl groups excluding tert-OH is 1. The summed E-state index contributed by atoms with van der Waals surface area (Å²) in [6.07, 6.45) is 0.652. The van der Waals surface area contributed by atoms with Crippen LogP contribution in [0.25, 0.3) is 0 Å². The highest BCUT2D eigenvalue weighted by Crippen LogP contribution is 2.09. The minimum atomic E-state index is -0.995. The minimum absolute atomic E-state index is 0.00991. The molecule has 10 nitrogen and oxygen atoms in total. The number of rotatable bonds is 16. The number of Topliss-reactive ketones (excluding diaryl/α,β-unsaturated/α-hetero) is 1. The maximum atomic E-state index is 12.6. The molecule has 0 aliphatic heterocycles. The third kappa shape index (κ3) is 11.7. The topological polar surface area (TPSA) is 160 Å². The van der Waals surface area contributed by atoms with Gasteiger partial charge < -0.3 is 36.3 Å². The molecule has 2 amide bonds. The number of aldehydes is 1. The Hall–Kier alpha value is -3.40. The highest BCUT2D eigenvalue weighted by atomic mass is 16.5. The van der Waals surface area contributed by atoms with Crippen LogP contribution in [0.1, 0.15) is 38.2 Å². The summed E-state index contributed by atoms with van der Waals surface area (Å²) < 4.78 is 5.12. The average Bonchev–Trinajstić information content (AvgIpc) is 2.79. The molecule has 1 rings (SSSR count). The quantitative estimate of drug-likeness (QED) is 0.178. The van der Waals surface area contributed by atoms with Gasteiger partial charge in [-0.15, -0.1) is 0 Å². The van der Waals surface area contributed by atoms with E-state index in [1.54, 1.807) is 19.1 Å². The summed E-state index contributed by atoms with van der Waals surface area (Å²) in [6, 6.07) is 7.36. The lowest BCUT2D eigenvalue weighted by Gasteiger charge is -2.20. The second-order valence-electron chi connectivity index (χ2n) is 7.69. The first-order chi connectivity index (χ1) is 15.8. The van der Waals surface area contributed by atoms with Crippen molar-refractivity contribution in [1.82, 2.24) is 16.0 Å². The van der Waals surface area contributed by atoms with E-state index in [0.29, 0.717) is 31.5 Å². The van der Waals surface area contributed by atoms with Gasteiger partial charge in [0.25, 0.3) is 0 Å². The highest BCUT2D eigenvalue weighted by molar-refractivity contribution is 5.92. The number of aliphatic hydroxyl groups is 1. The number of ketones is 1. The Labute approximate surface area is 193 Å². The predicted molar refractivity (Wildman–Crippen MR) is 123 cm³/mol. The third-order valence-electron chi connectivity index (χ3n) is 4.80. The second kappa shape index (κ2) is 15.4. The third-order valence-corrected chi connectivity index (χ3v) is 4.80. The van der Waals surface area contributed by atoms with E-state index in [2.05, 4.69) is 22.5 Å². The maximum absolute atomic E-state index is 12.6. The molecule has 10 heteroatoms. The van der Waals surface area contributed by atoms with Gasteiger partial charge in [0.05, 0.1) is 17.9 Å². The molecule has 0 saturated carbocycles. The molecule has 0 unspecified atom stereocenters. The summed E-state index contributed by atoms with van der Waals surface area (Å²) in [4.78, 5) is 48.4. The fourth-order valence-corrected chi connectivity index (χ4v) is 2.96. The average molecular weight is 463 g/mol. The van der Waals surface area contributed by atoms with E-state index in [1.807, 2.05) is 18.2 Å². The minimum Gasteiger partial charge on any atom is -0.445 e. The van der Waals surface area contributed by atoms with Crippen molar-refractivity contribution < 1.29 is 29.0 Å². The Morgan fingerprint density at radius 2 is 1.88 bits per heavy atom. The van der Waals surface area contributed by atoms with Crippen molar-refractivity contribution in [3.63, 3.8) is 0 Å². The van der Waals surface area contributed by atoms with Gasteiger partial charge in [-0.2, -0.15) is 0 Å². The van der Waals surface area contributed by atoms with Gasteiger partial charge in [-0.1, -0.05) is 43.8 Å². The number of nitrogens with one attached hydrogen (secondary N) is 3. The van der Waals surface area contributed by atoms with E-state index in [9.17, 15) is 24.3 Å². The Kier molecular flexibility index (Phi) is 12.9. The summed E-state index contributed by atoms with van der Waals surface area (Å²) in [5.74, 6) is -1.28. The van der Waals surface area contributed by atoms with Crippen LogP contribution in [0.4, 0.5) is 4.79 Å². The van der Waals surface area contributed by atoms with Crippen molar-refractivity contribution in [1.29, 1.82) is 0 Å². The zero-order chi connectivity index (χ0) is 24.6. The molecule has 0 aromatic heterocycles. The van der Waals surface area contributed by atoms with Crippen molar-refractivity contribution in [3.05, 3.63) is 48.3 Å². The smallest absolute Gasteiger partial charge is 0.408 e. The first kappa shape index (κ1) is 27.6. The molecular weight excluding hydrogens is 428 g/mol. The Morgan fingerprint density at radius 1 is 1.18 bits per heavy atom. The van der Waals surface area contributed by atoms with Crippen molar-refractivity contribution in [2.24, 2.45) is 11.7 Å². The van der Waals surface area contributed by atoms with Crippen LogP contribution in [0.3, 0.4) is 0 Å². The normalized spacial score (nSPS) is 13.2. The molecule has 0 saturated heterocycles. The van der Waals surface area contributed by atoms with Gasteiger partial charge in [0, 0.05) is 25.5 Å². The van der Waals surface area contributed by atoms with Gasteiger partial charge in [0.15, 0.2) is 5.78 Å². The Bertz CT molecular complexity index is 786. The van der Waals surface area contributed by atoms with Gasteiger partial charge in [-0.3, -0.25) is 9.59 Å². The summed E-state index contributed by atoms with van der Waals surface area (Å²) in [5, 5.41) is 17.1. The van der Waals surface area contributed by atoms with Gasteiger partial charge in [-0.25, -0.2) is 4.79 Å². The van der Waals surface area contributed by atoms with Crippen molar-refractivity contribution in [2.45, 2.75) is 51.3 Å². The van der Waals surface area contributed by atoms with Gasteiger partial charge >= 0.3 is 6.09 Å². The molecule has 0 bridgehead atoms. The molecule has 33 heavy (non-hydrogen) atoms. The highest BCUT2D eigenvalue weighted by Gasteiger charge is 2.26. The van der Waals surface area contributed by atoms with E-state index in [0.717, 1.165) is 5.56 Å². The Morgan fingerprint density at radius 3 is 2.48 bits per heavy atom. The number of alkyl carbamates (subject to hydrolysis) is 1. The summed E-state index contributed by atoms with van der Waals surface area (Å²) in [6.45, 7) is 5.28. The Balaban J connectivity index is 2.51. The molecule has 6 N–H and O–H groups in total. The monoisotopic (exact) mass is 462 g/mol. The van der Waals surface area contributed by atoms with E-state index in [-0.39, 0.29) is 26.1 Å². The molecule has 1 aromatic rings. The largest absolute Gasteiger partial charge is 0.445 e. The van der Waals surface area contributed by atoms with Crippen LogP contribution in [0.5, 0.6) is 0 Å². The van der Waals surface area contributed by atoms with Crippen molar-refractivity contribution >= 4 is 24.1 Å². The maximum Gasteiger partial charge on any atom is 0.408 e. The summed E-state index contributed by atoms with van der Waals surface area (Å²) >= 11 is 0. The van der Waals surface area contributed by atoms with Gasteiger partial charge in [0.2, 0.25) is 5.91 Å². The standard InChI is InChI=1S/C23H34N4O6/c1-16(22(31)26-19(14-29)9-6-11-25-17(2)24)13-21(30)20(10-12-28)27-23(32)33-15-18-7-4-3-5-8-18/h3-5,7-8,14,16,19-20,25,28H,2,6,9-13,15,24H2,1H3,(H,26,31)(H,27,32)/t16-,19+,20-/m1/s1. The predicted octanol–water partition coefficient (Wildman–Crippen LogP) is 0.743. The van der Waals surface area contributed by atoms with Crippen LogP contribution >= 0.6 is 0 Å². The van der Waals surface area contributed by atoms with Crippen LogP contribution in [-0.4, -0.2) is 54.4 Å². The molecule has 0 aliphatic rings. The fourth-order valence-electron chi connectivity index (χ4n) is 2.96. The number of amides is 2. The lowest BCUT2D eigenvalue weighted by Crippen LogP contribution is -2.44. The number of benzene rings is 1. The van der Waals surface area contributed by atoms with E-state index in [1.165, 1.54) is 0 Å². The number of hydrogen-bond acceptors (Lipinski definition) is 8. The first-order valence-electron chi connectivity index (χ1n) is 10.8. The molecule has 0 radical (unpaired) electrons. The SMILES string of the molecule is C=C(N)NCCC[C@@H](C=O)NC(=O)[C@H](C)CC(=O)[C@@H](CCO)NC(=O)OCc1ccccc1. The van der Waals surface area contributed by atoms with Crippen LogP contribution in [0, 0.1) is 5.92 Å². The molecule has 0 spiro atoms. The second-order valence-corrected chi connectivity index (χ2v) is 7.69. The molecule has 182 valence electrons. The number of carbonyl (C=O) groups excluding carboxylic acids is 4. The molecule has 1 aromatic carbocycles. The number of hydrogen-bond donors (Lipinski definition) is 5. The molecule has 3 atom stereocenters. The molecular formula is C23H34N4O6. The van der Waals surface area contributed by atoms with Crippen LogP contribution in [0.15, 0.2) is 42.7 Å². The molecule has 0 fully saturated rings. The van der Waals surface area contributed by atoms with E-state index >= 15 is 0 Å². The van der Waals surface area contributed by atoms with E-state index in [4.69, 9.17) is 10.5 Å².